The van der Waals surface area contributed by atoms with Gasteiger partial charge in [-0.15, -0.1) is 0 Å². The molecule has 14 heteroatoms. The predicted octanol–water partition coefficient (Wildman–Crippen LogP) is 7.45. The lowest BCUT2D eigenvalue weighted by Gasteiger charge is -2.37. The van der Waals surface area contributed by atoms with Gasteiger partial charge in [-0.2, -0.15) is 0 Å². The highest BCUT2D eigenvalue weighted by Gasteiger charge is 2.35. The summed E-state index contributed by atoms with van der Waals surface area (Å²) in [5.74, 6) is 0.264. The van der Waals surface area contributed by atoms with E-state index in [2.05, 4.69) is 25.9 Å². The van der Waals surface area contributed by atoms with Crippen molar-refractivity contribution < 1.29 is 18.5 Å². The predicted molar refractivity (Wildman–Crippen MR) is 223 cm³/mol. The van der Waals surface area contributed by atoms with Gasteiger partial charge >= 0.3 is 7.48 Å². The van der Waals surface area contributed by atoms with Crippen molar-refractivity contribution in [3.05, 3.63) is 121 Å². The highest BCUT2D eigenvalue weighted by molar-refractivity contribution is 9.10. The number of aliphatic hydroxyl groups is 1. The molecule has 0 unspecified atom stereocenters. The van der Waals surface area contributed by atoms with E-state index in [4.69, 9.17) is 16.1 Å². The minimum atomic E-state index is -0.926. The van der Waals surface area contributed by atoms with Crippen LogP contribution in [0.15, 0.2) is 87.1 Å². The van der Waals surface area contributed by atoms with Crippen molar-refractivity contribution in [2.75, 3.05) is 11.5 Å². The lowest BCUT2D eigenvalue weighted by atomic mass is 9.83. The van der Waals surface area contributed by atoms with Gasteiger partial charge in [0, 0.05) is 58.5 Å². The number of nitrogens with zero attached hydrogens (tertiary/aromatic N) is 4. The van der Waals surface area contributed by atoms with E-state index in [0.717, 1.165) is 64.1 Å². The molecule has 291 valence electrons. The standard InChI is InChI=1S/C18H16FN3O.C13H11BrFNO.C11H18BN2O2/c1-10-17(12-2-6-15(20)21-9-12)14(19)8-11-3-7-16(23)22(18(10)11)13-4-5-13;1-7-12(14)10(15)6-8-2-5-11(17)16(13(7)8)9-3-4-9;1-10(2,15)11(3,4)16-12-8-5-6-9(13)14-7-8/h2-3,6-9,13H,4-5H2,1H3,(H2,20,21);2,5-6,9H,3-4H2,1H3;5-7,15H,1-4H3,(H2,13,14). The van der Waals surface area contributed by atoms with Gasteiger partial charge in [-0.25, -0.2) is 18.7 Å². The third-order valence-corrected chi connectivity index (χ3v) is 11.4. The largest absolute Gasteiger partial charge is 0.427 e. The van der Waals surface area contributed by atoms with E-state index in [9.17, 15) is 23.5 Å². The number of hydrogen-bond donors (Lipinski definition) is 3. The molecule has 0 bridgehead atoms. The molecule has 56 heavy (non-hydrogen) atoms. The molecule has 2 aromatic carbocycles. The van der Waals surface area contributed by atoms with Crippen molar-refractivity contribution in [1.29, 1.82) is 0 Å². The maximum atomic E-state index is 14.7. The zero-order valence-electron chi connectivity index (χ0n) is 32.2. The molecule has 2 fully saturated rings. The van der Waals surface area contributed by atoms with Gasteiger partial charge in [0.15, 0.2) is 0 Å². The Morgan fingerprint density at radius 1 is 0.768 bits per heavy atom. The SMILES string of the molecule is CC(C)(O)C(C)(C)O[B]c1ccc(N)nc1.Cc1c(-c2ccc(N)nc2)c(F)cc2ccc(=O)n(C3CC3)c12.Cc1c(Br)c(F)cc2ccc(=O)n(C3CC3)c12. The normalized spacial score (nSPS) is 14.2. The van der Waals surface area contributed by atoms with Crippen LogP contribution in [0, 0.1) is 25.5 Å². The van der Waals surface area contributed by atoms with Crippen LogP contribution in [-0.2, 0) is 4.65 Å². The van der Waals surface area contributed by atoms with Crippen LogP contribution < -0.4 is 28.0 Å². The summed E-state index contributed by atoms with van der Waals surface area (Å²) < 4.78 is 37.9. The molecule has 4 heterocycles. The van der Waals surface area contributed by atoms with Gasteiger partial charge in [0.2, 0.25) is 0 Å². The second kappa shape index (κ2) is 15.9. The number of aromatic nitrogens is 4. The summed E-state index contributed by atoms with van der Waals surface area (Å²) in [6.07, 6.45) is 7.25. The molecule has 5 N–H and O–H groups in total. The fourth-order valence-corrected chi connectivity index (χ4v) is 6.60. The van der Waals surface area contributed by atoms with E-state index < -0.39 is 11.2 Å². The first-order chi connectivity index (χ1) is 26.4. The molecule has 2 aliphatic carbocycles. The zero-order valence-corrected chi connectivity index (χ0v) is 33.8. The molecule has 2 saturated carbocycles. The summed E-state index contributed by atoms with van der Waals surface area (Å²) in [7, 11) is 1.57. The first-order valence-electron chi connectivity index (χ1n) is 18.4. The Morgan fingerprint density at radius 3 is 1.73 bits per heavy atom. The number of nitrogen functional groups attached to an aromatic ring is 2. The summed E-state index contributed by atoms with van der Waals surface area (Å²) in [6, 6.07) is 16.8. The zero-order chi connectivity index (χ0) is 40.7. The summed E-state index contributed by atoms with van der Waals surface area (Å²) in [5, 5.41) is 11.4. The highest BCUT2D eigenvalue weighted by Crippen LogP contribution is 2.40. The van der Waals surface area contributed by atoms with Crippen molar-refractivity contribution in [3.8, 4) is 11.1 Å². The van der Waals surface area contributed by atoms with Gasteiger partial charge in [-0.1, -0.05) is 6.07 Å². The van der Waals surface area contributed by atoms with E-state index in [1.165, 1.54) is 24.3 Å². The van der Waals surface area contributed by atoms with E-state index in [-0.39, 0.29) is 28.8 Å². The van der Waals surface area contributed by atoms with E-state index >= 15 is 0 Å². The van der Waals surface area contributed by atoms with Crippen LogP contribution in [0.2, 0.25) is 0 Å². The highest BCUT2D eigenvalue weighted by atomic mass is 79.9. The van der Waals surface area contributed by atoms with Crippen molar-refractivity contribution in [2.45, 2.75) is 90.5 Å². The second-order valence-electron chi connectivity index (χ2n) is 15.4. The second-order valence-corrected chi connectivity index (χ2v) is 16.2. The summed E-state index contributed by atoms with van der Waals surface area (Å²) in [5.41, 5.74) is 14.6. The third-order valence-electron chi connectivity index (χ3n) is 10.4. The Bertz CT molecular complexity index is 2530. The molecule has 2 aliphatic rings. The van der Waals surface area contributed by atoms with Crippen molar-refractivity contribution in [3.63, 3.8) is 0 Å². The van der Waals surface area contributed by atoms with Gasteiger partial charge in [0.1, 0.15) is 23.3 Å². The van der Waals surface area contributed by atoms with Crippen LogP contribution in [0.3, 0.4) is 0 Å². The van der Waals surface area contributed by atoms with E-state index in [0.29, 0.717) is 33.3 Å². The Balaban J connectivity index is 0.000000146. The fourth-order valence-electron chi connectivity index (χ4n) is 6.30. The number of anilines is 2. The monoisotopic (exact) mass is 825 g/mol. The Hall–Kier alpha value is -4.92. The Morgan fingerprint density at radius 2 is 1.27 bits per heavy atom. The molecule has 0 aliphatic heterocycles. The molecule has 4 aromatic heterocycles. The Kier molecular flexibility index (Phi) is 11.6. The molecule has 0 atom stereocenters. The molecular formula is C42H45BBrF2N6O4. The van der Waals surface area contributed by atoms with Crippen LogP contribution in [0.4, 0.5) is 20.4 Å². The molecular weight excluding hydrogens is 781 g/mol. The number of hydrogen-bond acceptors (Lipinski definition) is 8. The topological polar surface area (TPSA) is 151 Å². The van der Waals surface area contributed by atoms with Crippen LogP contribution in [0.1, 0.15) is 76.6 Å². The number of rotatable bonds is 7. The fraction of sp³-hybridized carbons (Fsp3) is 0.333. The van der Waals surface area contributed by atoms with Gasteiger partial charge in [-0.3, -0.25) is 9.59 Å². The Labute approximate surface area is 333 Å². The summed E-state index contributed by atoms with van der Waals surface area (Å²) in [4.78, 5) is 32.2. The number of aryl methyl sites for hydroxylation is 2. The maximum Gasteiger partial charge on any atom is 0.332 e. The summed E-state index contributed by atoms with van der Waals surface area (Å²) in [6.45, 7) is 10.8. The van der Waals surface area contributed by atoms with Crippen LogP contribution in [0.25, 0.3) is 32.9 Å². The minimum absolute atomic E-state index is 0.00149. The number of nitrogens with two attached hydrogens (primary N) is 2. The molecule has 6 aromatic rings. The van der Waals surface area contributed by atoms with Crippen LogP contribution in [0.5, 0.6) is 0 Å². The van der Waals surface area contributed by atoms with Gasteiger partial charge < -0.3 is 30.4 Å². The van der Waals surface area contributed by atoms with Crippen LogP contribution >= 0.6 is 15.9 Å². The molecule has 0 saturated heterocycles. The maximum absolute atomic E-state index is 14.7. The number of benzene rings is 2. The number of halogens is 3. The van der Waals surface area contributed by atoms with Crippen LogP contribution in [-0.4, -0.2) is 42.9 Å². The first kappa shape index (κ1) is 40.7. The number of pyridine rings is 4. The van der Waals surface area contributed by atoms with Gasteiger partial charge in [0.25, 0.3) is 11.1 Å². The molecule has 0 amide bonds. The van der Waals surface area contributed by atoms with E-state index in [1.807, 2.05) is 33.8 Å². The lowest BCUT2D eigenvalue weighted by Crippen LogP contribution is -2.49. The third kappa shape index (κ3) is 8.72. The summed E-state index contributed by atoms with van der Waals surface area (Å²) >= 11 is 3.24. The van der Waals surface area contributed by atoms with Gasteiger partial charge in [0.05, 0.1) is 26.7 Å². The minimum Gasteiger partial charge on any atom is -0.427 e. The average Bonchev–Trinajstić information content (AvgIpc) is 4.08. The van der Waals surface area contributed by atoms with Crippen molar-refractivity contribution in [1.82, 2.24) is 19.1 Å². The number of fused-ring (bicyclic) bond motifs is 2. The molecule has 0 spiro atoms. The first-order valence-corrected chi connectivity index (χ1v) is 19.2. The molecule has 10 nitrogen and oxygen atoms in total. The lowest BCUT2D eigenvalue weighted by molar-refractivity contribution is -0.0893. The average molecular weight is 827 g/mol. The van der Waals surface area contributed by atoms with E-state index in [1.54, 1.807) is 73.2 Å². The smallest absolute Gasteiger partial charge is 0.332 e. The van der Waals surface area contributed by atoms with Gasteiger partial charge in [-0.05, 0) is 142 Å². The molecule has 1 radical (unpaired) electrons. The van der Waals surface area contributed by atoms with Crippen molar-refractivity contribution in [2.24, 2.45) is 0 Å². The van der Waals surface area contributed by atoms with Crippen molar-refractivity contribution >= 4 is 62.3 Å². The quantitative estimate of drug-likeness (QED) is 0.141. The molecule has 8 rings (SSSR count).